The Balaban J connectivity index is 1.81. The molecule has 7 nitrogen and oxygen atoms in total. The minimum Gasteiger partial charge on any atom is -0.378 e. The number of amides is 3. The van der Waals surface area contributed by atoms with Gasteiger partial charge in [0.25, 0.3) is 0 Å². The number of nitrogens with zero attached hydrogens (tertiary/aromatic N) is 2. The standard InChI is InChI=1S/C22H19ClF5N3O4/c23-16-10-15(3-4-17(16)24)31(21(34)30-5-7-35-8-6-30)12-14-2-1-13(9-18(14)25)19(32)11-29-20(33)22(26,27)28/h1-4,9-10H,5-8,11-12H2,(H,29,33). The van der Waals surface area contributed by atoms with E-state index in [2.05, 4.69) is 0 Å². The van der Waals surface area contributed by atoms with Gasteiger partial charge in [0.2, 0.25) is 0 Å². The predicted molar refractivity (Wildman–Crippen MR) is 115 cm³/mol. The van der Waals surface area contributed by atoms with Crippen molar-refractivity contribution in [1.29, 1.82) is 0 Å². The summed E-state index contributed by atoms with van der Waals surface area (Å²) in [6.07, 6.45) is -5.16. The Hall–Kier alpha value is -3.25. The Morgan fingerprint density at radius 3 is 2.31 bits per heavy atom. The maximum absolute atomic E-state index is 14.8. The molecular formula is C22H19ClF5N3O4. The van der Waals surface area contributed by atoms with Crippen LogP contribution in [-0.2, 0) is 16.1 Å². The number of carbonyl (C=O) groups is 3. The van der Waals surface area contributed by atoms with E-state index in [0.29, 0.717) is 13.2 Å². The molecule has 0 radical (unpaired) electrons. The first kappa shape index (κ1) is 26.4. The number of carbonyl (C=O) groups excluding carboxylic acids is 3. The third-order valence-corrected chi connectivity index (χ3v) is 5.39. The number of morpholine rings is 1. The van der Waals surface area contributed by atoms with Gasteiger partial charge in [-0.05, 0) is 24.3 Å². The van der Waals surface area contributed by atoms with Crippen LogP contribution in [0.25, 0.3) is 0 Å². The molecule has 1 heterocycles. The largest absolute Gasteiger partial charge is 0.471 e. The van der Waals surface area contributed by atoms with Crippen molar-refractivity contribution in [3.8, 4) is 0 Å². The lowest BCUT2D eigenvalue weighted by Crippen LogP contribution is -2.48. The van der Waals surface area contributed by atoms with Crippen LogP contribution in [0.15, 0.2) is 36.4 Å². The molecule has 1 fully saturated rings. The number of ether oxygens (including phenoxy) is 1. The van der Waals surface area contributed by atoms with Gasteiger partial charge in [0, 0.05) is 29.9 Å². The summed E-state index contributed by atoms with van der Waals surface area (Å²) >= 11 is 5.86. The number of urea groups is 1. The molecule has 0 bridgehead atoms. The summed E-state index contributed by atoms with van der Waals surface area (Å²) in [5.41, 5.74) is -0.102. The van der Waals surface area contributed by atoms with E-state index in [0.717, 1.165) is 18.2 Å². The molecule has 0 atom stereocenters. The number of hydrogen-bond acceptors (Lipinski definition) is 4. The number of anilines is 1. The normalized spacial score (nSPS) is 13.9. The van der Waals surface area contributed by atoms with Crippen LogP contribution in [0.5, 0.6) is 0 Å². The molecule has 0 spiro atoms. The number of alkyl halides is 3. The number of Topliss-reactive ketones (excluding diaryl/α,β-unsaturated/α-hetero) is 1. The highest BCUT2D eigenvalue weighted by molar-refractivity contribution is 6.31. The van der Waals surface area contributed by atoms with Crippen LogP contribution in [0.2, 0.25) is 5.02 Å². The van der Waals surface area contributed by atoms with E-state index < -0.39 is 42.1 Å². The molecule has 0 aromatic heterocycles. The third-order valence-electron chi connectivity index (χ3n) is 5.10. The SMILES string of the molecule is O=C(CNC(=O)C(F)(F)F)c1ccc(CN(C(=O)N2CCOCC2)c2ccc(F)c(Cl)c2)c(F)c1. The molecule has 0 unspecified atom stereocenters. The van der Waals surface area contributed by atoms with E-state index in [4.69, 9.17) is 16.3 Å². The van der Waals surface area contributed by atoms with E-state index >= 15 is 0 Å². The smallest absolute Gasteiger partial charge is 0.378 e. The molecule has 188 valence electrons. The lowest BCUT2D eigenvalue weighted by Gasteiger charge is -2.33. The van der Waals surface area contributed by atoms with Gasteiger partial charge in [0.05, 0.1) is 31.3 Å². The highest BCUT2D eigenvalue weighted by Crippen LogP contribution is 2.26. The van der Waals surface area contributed by atoms with E-state index in [-0.39, 0.29) is 41.5 Å². The van der Waals surface area contributed by atoms with Crippen molar-refractivity contribution in [3.63, 3.8) is 0 Å². The Kier molecular flexibility index (Phi) is 8.28. The lowest BCUT2D eigenvalue weighted by atomic mass is 10.1. The van der Waals surface area contributed by atoms with E-state index in [1.807, 2.05) is 0 Å². The molecule has 35 heavy (non-hydrogen) atoms. The molecule has 1 aliphatic heterocycles. The number of benzene rings is 2. The number of halogens is 6. The van der Waals surface area contributed by atoms with Gasteiger partial charge >= 0.3 is 18.1 Å². The maximum atomic E-state index is 14.8. The summed E-state index contributed by atoms with van der Waals surface area (Å²) < 4.78 is 70.6. The zero-order valence-electron chi connectivity index (χ0n) is 18.0. The Labute approximate surface area is 201 Å². The van der Waals surface area contributed by atoms with Gasteiger partial charge in [-0.2, -0.15) is 13.2 Å². The summed E-state index contributed by atoms with van der Waals surface area (Å²) in [6.45, 7) is -0.122. The molecule has 1 N–H and O–H groups in total. The first-order valence-electron chi connectivity index (χ1n) is 10.2. The van der Waals surface area contributed by atoms with Crippen LogP contribution >= 0.6 is 11.6 Å². The Bertz CT molecular complexity index is 1120. The molecule has 3 amide bonds. The van der Waals surface area contributed by atoms with Crippen LogP contribution < -0.4 is 10.2 Å². The van der Waals surface area contributed by atoms with E-state index in [9.17, 15) is 36.3 Å². The van der Waals surface area contributed by atoms with Crippen LogP contribution in [-0.4, -0.2) is 61.6 Å². The van der Waals surface area contributed by atoms with Gasteiger partial charge in [-0.15, -0.1) is 0 Å². The highest BCUT2D eigenvalue weighted by Gasteiger charge is 2.38. The fraction of sp³-hybridized carbons (Fsp3) is 0.318. The molecule has 0 saturated carbocycles. The van der Waals surface area contributed by atoms with Crippen LogP contribution in [0.1, 0.15) is 15.9 Å². The van der Waals surface area contributed by atoms with Crippen molar-refractivity contribution in [2.75, 3.05) is 37.7 Å². The number of rotatable bonds is 6. The average Bonchev–Trinajstić information content (AvgIpc) is 2.82. The molecular weight excluding hydrogens is 501 g/mol. The second-order valence-electron chi connectivity index (χ2n) is 7.48. The van der Waals surface area contributed by atoms with Crippen molar-refractivity contribution in [1.82, 2.24) is 10.2 Å². The molecule has 1 aliphatic rings. The van der Waals surface area contributed by atoms with Crippen LogP contribution in [0.3, 0.4) is 0 Å². The molecule has 13 heteroatoms. The van der Waals surface area contributed by atoms with Crippen molar-refractivity contribution >= 4 is 35.0 Å². The lowest BCUT2D eigenvalue weighted by molar-refractivity contribution is -0.173. The predicted octanol–water partition coefficient (Wildman–Crippen LogP) is 3.94. The summed E-state index contributed by atoms with van der Waals surface area (Å²) in [5, 5.41) is 1.18. The van der Waals surface area contributed by atoms with Crippen LogP contribution in [0.4, 0.5) is 32.4 Å². The van der Waals surface area contributed by atoms with Gasteiger partial charge in [0.1, 0.15) is 11.6 Å². The van der Waals surface area contributed by atoms with Crippen molar-refractivity contribution in [2.24, 2.45) is 0 Å². The Morgan fingerprint density at radius 2 is 1.71 bits per heavy atom. The molecule has 2 aromatic rings. The number of ketones is 1. The minimum atomic E-state index is -5.16. The fourth-order valence-electron chi connectivity index (χ4n) is 3.23. The monoisotopic (exact) mass is 519 g/mol. The summed E-state index contributed by atoms with van der Waals surface area (Å²) in [7, 11) is 0. The van der Waals surface area contributed by atoms with Gasteiger partial charge in [-0.1, -0.05) is 23.7 Å². The number of nitrogens with one attached hydrogen (secondary N) is 1. The highest BCUT2D eigenvalue weighted by atomic mass is 35.5. The molecule has 3 rings (SSSR count). The van der Waals surface area contributed by atoms with Crippen molar-refractivity contribution in [3.05, 3.63) is 64.2 Å². The van der Waals surface area contributed by atoms with Gasteiger partial charge < -0.3 is 15.0 Å². The zero-order chi connectivity index (χ0) is 25.8. The molecule has 0 aliphatic carbocycles. The van der Waals surface area contributed by atoms with Gasteiger partial charge in [-0.3, -0.25) is 14.5 Å². The first-order valence-corrected chi connectivity index (χ1v) is 10.6. The molecule has 2 aromatic carbocycles. The van der Waals surface area contributed by atoms with E-state index in [1.54, 1.807) is 0 Å². The van der Waals surface area contributed by atoms with Gasteiger partial charge in [0.15, 0.2) is 5.78 Å². The molecule has 1 saturated heterocycles. The summed E-state index contributed by atoms with van der Waals surface area (Å²) in [6, 6.07) is 6.23. The Morgan fingerprint density at radius 1 is 1.03 bits per heavy atom. The second kappa shape index (κ2) is 11.0. The first-order chi connectivity index (χ1) is 16.5. The second-order valence-corrected chi connectivity index (χ2v) is 7.88. The third kappa shape index (κ3) is 6.67. The summed E-state index contributed by atoms with van der Waals surface area (Å²) in [4.78, 5) is 38.8. The average molecular weight is 520 g/mol. The van der Waals surface area contributed by atoms with E-state index in [1.165, 1.54) is 33.3 Å². The topological polar surface area (TPSA) is 79.0 Å². The quantitative estimate of drug-likeness (QED) is 0.463. The van der Waals surface area contributed by atoms with Crippen LogP contribution in [0, 0.1) is 11.6 Å². The van der Waals surface area contributed by atoms with Crippen molar-refractivity contribution in [2.45, 2.75) is 12.7 Å². The fourth-order valence-corrected chi connectivity index (χ4v) is 3.40. The minimum absolute atomic E-state index is 0.0251. The van der Waals surface area contributed by atoms with Crippen molar-refractivity contribution < 1.29 is 41.1 Å². The number of hydrogen-bond donors (Lipinski definition) is 1. The van der Waals surface area contributed by atoms with Gasteiger partial charge in [-0.25, -0.2) is 13.6 Å². The zero-order valence-corrected chi connectivity index (χ0v) is 18.8. The maximum Gasteiger partial charge on any atom is 0.471 e. The summed E-state index contributed by atoms with van der Waals surface area (Å²) in [5.74, 6) is -4.86.